The van der Waals surface area contributed by atoms with Crippen molar-refractivity contribution in [2.75, 3.05) is 0 Å². The van der Waals surface area contributed by atoms with E-state index in [9.17, 15) is 16.8 Å². The van der Waals surface area contributed by atoms with Gasteiger partial charge < -0.3 is 0 Å². The van der Waals surface area contributed by atoms with Gasteiger partial charge in [-0.15, -0.1) is 0 Å². The van der Waals surface area contributed by atoms with Gasteiger partial charge in [-0.2, -0.15) is 0 Å². The molecule has 0 spiro atoms. The van der Waals surface area contributed by atoms with Crippen molar-refractivity contribution in [3.8, 4) is 0 Å². The van der Waals surface area contributed by atoms with E-state index in [2.05, 4.69) is 0 Å². The molecule has 6 heteroatoms. The number of aryl methyl sites for hydroxylation is 2. The maximum Gasteiger partial charge on any atom is 0.200 e. The average Bonchev–Trinajstić information content (AvgIpc) is 2.98. The minimum Gasteiger partial charge on any atom is -0.222 e. The summed E-state index contributed by atoms with van der Waals surface area (Å²) in [6.07, 6.45) is 1.88. The van der Waals surface area contributed by atoms with Crippen molar-refractivity contribution in [3.05, 3.63) is 167 Å². The molecular formula is C35H30O4S2. The van der Waals surface area contributed by atoms with E-state index in [4.69, 9.17) is 0 Å². The zero-order chi connectivity index (χ0) is 29.0. The van der Waals surface area contributed by atoms with Crippen molar-refractivity contribution in [2.24, 2.45) is 0 Å². The first-order valence-corrected chi connectivity index (χ1v) is 16.3. The van der Waals surface area contributed by atoms with Crippen LogP contribution in [0.25, 0.3) is 11.6 Å². The predicted octanol–water partition coefficient (Wildman–Crippen LogP) is 7.84. The van der Waals surface area contributed by atoms with Crippen LogP contribution >= 0.6 is 0 Å². The van der Waals surface area contributed by atoms with E-state index in [-0.39, 0.29) is 15.4 Å². The van der Waals surface area contributed by atoms with E-state index >= 15 is 0 Å². The maximum absolute atomic E-state index is 14.3. The topological polar surface area (TPSA) is 68.3 Å². The Labute approximate surface area is 242 Å². The summed E-state index contributed by atoms with van der Waals surface area (Å²) in [6, 6.07) is 38.9. The monoisotopic (exact) mass is 578 g/mol. The van der Waals surface area contributed by atoms with Crippen molar-refractivity contribution in [3.63, 3.8) is 0 Å². The minimum atomic E-state index is -4.39. The van der Waals surface area contributed by atoms with Crippen LogP contribution in [0.5, 0.6) is 0 Å². The number of hydrogen-bond acceptors (Lipinski definition) is 4. The van der Waals surface area contributed by atoms with Crippen LogP contribution in [0.3, 0.4) is 0 Å². The molecule has 0 aromatic heterocycles. The van der Waals surface area contributed by atoms with Gasteiger partial charge in [0.25, 0.3) is 0 Å². The van der Waals surface area contributed by atoms with Crippen molar-refractivity contribution in [1.29, 1.82) is 0 Å². The molecule has 0 saturated heterocycles. The van der Waals surface area contributed by atoms with Crippen molar-refractivity contribution in [1.82, 2.24) is 0 Å². The third kappa shape index (κ3) is 5.94. The van der Waals surface area contributed by atoms with E-state index in [1.54, 1.807) is 48.5 Å². The van der Waals surface area contributed by atoms with Gasteiger partial charge in [0.1, 0.15) is 0 Å². The van der Waals surface area contributed by atoms with Crippen LogP contribution in [-0.4, -0.2) is 16.8 Å². The molecule has 5 aromatic carbocycles. The molecule has 0 fully saturated rings. The summed E-state index contributed by atoms with van der Waals surface area (Å²) >= 11 is 0. The highest BCUT2D eigenvalue weighted by atomic mass is 32.3. The summed E-state index contributed by atoms with van der Waals surface area (Å²) in [6.45, 7) is 3.71. The second kappa shape index (κ2) is 11.7. The van der Waals surface area contributed by atoms with Crippen LogP contribution in [0.1, 0.15) is 38.0 Å². The van der Waals surface area contributed by atoms with Gasteiger partial charge >= 0.3 is 0 Å². The van der Waals surface area contributed by atoms with Gasteiger partial charge in [0.15, 0.2) is 24.3 Å². The normalized spacial score (nSPS) is 11.8. The quantitative estimate of drug-likeness (QED) is 0.176. The summed E-state index contributed by atoms with van der Waals surface area (Å²) < 4.78 is 55.4. The summed E-state index contributed by atoms with van der Waals surface area (Å²) in [5, 5.41) is 0. The molecule has 206 valence electrons. The van der Waals surface area contributed by atoms with Crippen LogP contribution in [0.15, 0.2) is 143 Å². The number of benzene rings is 5. The molecule has 0 bridgehead atoms. The third-order valence-corrected chi connectivity index (χ3v) is 12.0. The van der Waals surface area contributed by atoms with Crippen LogP contribution in [0, 0.1) is 13.8 Å². The fraction of sp³-hybridized carbons (Fsp3) is 0.0857. The Morgan fingerprint density at radius 3 is 1.34 bits per heavy atom. The van der Waals surface area contributed by atoms with Gasteiger partial charge in [-0.1, -0.05) is 120 Å². The first-order valence-electron chi connectivity index (χ1n) is 13.2. The Morgan fingerprint density at radius 2 is 0.902 bits per heavy atom. The van der Waals surface area contributed by atoms with Gasteiger partial charge in [-0.05, 0) is 72.0 Å². The molecule has 0 amide bonds. The molecule has 0 aliphatic heterocycles. The molecule has 41 heavy (non-hydrogen) atoms. The van der Waals surface area contributed by atoms with E-state index in [1.165, 1.54) is 24.3 Å². The molecule has 0 N–H and O–H groups in total. The van der Waals surface area contributed by atoms with Crippen LogP contribution in [-0.2, 0) is 19.7 Å². The zero-order valence-corrected chi connectivity index (χ0v) is 24.4. The van der Waals surface area contributed by atoms with Crippen LogP contribution < -0.4 is 0 Å². The lowest BCUT2D eigenvalue weighted by atomic mass is 9.94. The highest BCUT2D eigenvalue weighted by molar-refractivity contribution is 8.08. The molecule has 0 aliphatic carbocycles. The summed E-state index contributed by atoms with van der Waals surface area (Å²) in [5.74, 6) is 0. The second-order valence-corrected chi connectivity index (χ2v) is 14.3. The molecule has 0 saturated carbocycles. The van der Waals surface area contributed by atoms with E-state index < -0.39 is 24.3 Å². The molecule has 0 atom stereocenters. The largest absolute Gasteiger partial charge is 0.222 e. The van der Waals surface area contributed by atoms with Gasteiger partial charge in [0, 0.05) is 0 Å². The minimum absolute atomic E-state index is 0.0473. The molecule has 0 unspecified atom stereocenters. The molecule has 4 nitrogen and oxygen atoms in total. The Balaban J connectivity index is 1.79. The zero-order valence-electron chi connectivity index (χ0n) is 22.8. The highest BCUT2D eigenvalue weighted by Crippen LogP contribution is 2.40. The van der Waals surface area contributed by atoms with Crippen molar-refractivity contribution >= 4 is 31.3 Å². The van der Waals surface area contributed by atoms with E-state index in [0.29, 0.717) is 5.56 Å². The first kappa shape index (κ1) is 28.3. The summed E-state index contributed by atoms with van der Waals surface area (Å²) in [4.78, 5) is -0.0946. The van der Waals surface area contributed by atoms with Crippen molar-refractivity contribution in [2.45, 2.75) is 28.2 Å². The molecule has 0 aliphatic rings. The SMILES string of the molecule is Cc1ccc(S(=O)(=O)C(c2ccccc2C=C(c2ccccc2)c2ccccc2)S(=O)(=O)c2ccc(C)cc2)cc1. The Morgan fingerprint density at radius 1 is 0.512 bits per heavy atom. The maximum atomic E-state index is 14.3. The second-order valence-electron chi connectivity index (χ2n) is 9.97. The Kier molecular flexibility index (Phi) is 8.06. The average molecular weight is 579 g/mol. The summed E-state index contributed by atoms with van der Waals surface area (Å²) in [7, 11) is -8.78. The van der Waals surface area contributed by atoms with Crippen LogP contribution in [0.2, 0.25) is 0 Å². The third-order valence-electron chi connectivity index (χ3n) is 6.98. The van der Waals surface area contributed by atoms with Gasteiger partial charge in [0.05, 0.1) is 9.79 Å². The molecule has 5 aromatic rings. The van der Waals surface area contributed by atoms with Gasteiger partial charge in [0.2, 0.25) is 0 Å². The smallest absolute Gasteiger partial charge is 0.200 e. The summed E-state index contributed by atoms with van der Waals surface area (Å²) in [5.41, 5.74) is 5.14. The first-order chi connectivity index (χ1) is 19.7. The van der Waals surface area contributed by atoms with E-state index in [1.807, 2.05) is 80.6 Å². The fourth-order valence-electron chi connectivity index (χ4n) is 4.79. The lowest BCUT2D eigenvalue weighted by molar-refractivity contribution is 0.576. The number of rotatable bonds is 8. The highest BCUT2D eigenvalue weighted by Gasteiger charge is 2.42. The number of hydrogen-bond donors (Lipinski definition) is 0. The number of sulfone groups is 2. The fourth-order valence-corrected chi connectivity index (χ4v) is 9.41. The van der Waals surface area contributed by atoms with Crippen molar-refractivity contribution < 1.29 is 16.8 Å². The molecular weight excluding hydrogens is 549 g/mol. The Hall–Kier alpha value is -4.26. The Bertz CT molecular complexity index is 1780. The van der Waals surface area contributed by atoms with Crippen LogP contribution in [0.4, 0.5) is 0 Å². The predicted molar refractivity (Wildman–Crippen MR) is 166 cm³/mol. The molecule has 5 rings (SSSR count). The lowest BCUT2D eigenvalue weighted by Gasteiger charge is -2.22. The van der Waals surface area contributed by atoms with Gasteiger partial charge in [-0.3, -0.25) is 0 Å². The lowest BCUT2D eigenvalue weighted by Crippen LogP contribution is -2.24. The molecule has 0 heterocycles. The van der Waals surface area contributed by atoms with E-state index in [0.717, 1.165) is 27.8 Å². The molecule has 0 radical (unpaired) electrons. The standard InChI is InChI=1S/C35H30O4S2/c1-26-17-21-31(22-18-26)40(36,37)35(41(38,39)32-23-19-27(2)20-24-32)33-16-10-9-15-30(33)25-34(28-11-5-3-6-12-28)29-13-7-4-8-14-29/h3-25,35H,1-2H3. The van der Waals surface area contributed by atoms with Gasteiger partial charge in [-0.25, -0.2) is 16.8 Å².